The van der Waals surface area contributed by atoms with Crippen LogP contribution in [0.2, 0.25) is 0 Å². The fourth-order valence-electron chi connectivity index (χ4n) is 2.80. The summed E-state index contributed by atoms with van der Waals surface area (Å²) in [6.45, 7) is 3.82. The summed E-state index contributed by atoms with van der Waals surface area (Å²) in [5, 5.41) is 2.95. The maximum atomic E-state index is 13.1. The van der Waals surface area contributed by atoms with Gasteiger partial charge < -0.3 is 15.0 Å². The van der Waals surface area contributed by atoms with E-state index in [-0.39, 0.29) is 36.5 Å². The first kappa shape index (κ1) is 19.0. The van der Waals surface area contributed by atoms with Gasteiger partial charge in [0.25, 0.3) is 0 Å². The number of esters is 1. The van der Waals surface area contributed by atoms with Crippen LogP contribution in [-0.4, -0.2) is 35.9 Å². The SMILES string of the molecule is CCOC(=O)c1sc(NC(=O)[C@H]2CC(=O)N(c3ccc(F)cc3)C2)nc1C. The number of ether oxygens (including phenoxy) is 1. The number of hydrogen-bond acceptors (Lipinski definition) is 6. The second-order valence-electron chi connectivity index (χ2n) is 6.03. The van der Waals surface area contributed by atoms with Gasteiger partial charge >= 0.3 is 5.97 Å². The first-order valence-electron chi connectivity index (χ1n) is 8.40. The summed E-state index contributed by atoms with van der Waals surface area (Å²) >= 11 is 1.04. The van der Waals surface area contributed by atoms with Gasteiger partial charge in [-0.3, -0.25) is 9.59 Å². The predicted octanol–water partition coefficient (Wildman–Crippen LogP) is 2.76. The average molecular weight is 391 g/mol. The van der Waals surface area contributed by atoms with E-state index in [2.05, 4.69) is 10.3 Å². The molecule has 1 atom stereocenters. The second kappa shape index (κ2) is 7.83. The quantitative estimate of drug-likeness (QED) is 0.792. The van der Waals surface area contributed by atoms with E-state index in [0.29, 0.717) is 16.3 Å². The van der Waals surface area contributed by atoms with Crippen molar-refractivity contribution in [3.63, 3.8) is 0 Å². The third-order valence-corrected chi connectivity index (χ3v) is 5.17. The van der Waals surface area contributed by atoms with Crippen LogP contribution in [-0.2, 0) is 14.3 Å². The molecule has 1 aliphatic rings. The van der Waals surface area contributed by atoms with Crippen molar-refractivity contribution in [2.75, 3.05) is 23.4 Å². The molecule has 0 aliphatic carbocycles. The Bertz CT molecular complexity index is 881. The van der Waals surface area contributed by atoms with Gasteiger partial charge in [0, 0.05) is 18.7 Å². The fourth-order valence-corrected chi connectivity index (χ4v) is 3.66. The molecular formula is C18H18FN3O4S. The van der Waals surface area contributed by atoms with Gasteiger partial charge in [-0.2, -0.15) is 0 Å². The standard InChI is InChI=1S/C18H18FN3O4S/c1-3-26-17(25)15-10(2)20-18(27-15)21-16(24)11-8-14(23)22(9-11)13-6-4-12(19)5-7-13/h4-7,11H,3,8-9H2,1-2H3,(H,20,21,24)/t11-/m0/s1. The number of aryl methyl sites for hydroxylation is 1. The highest BCUT2D eigenvalue weighted by Crippen LogP contribution is 2.28. The topological polar surface area (TPSA) is 88.6 Å². The van der Waals surface area contributed by atoms with Crippen LogP contribution < -0.4 is 10.2 Å². The minimum Gasteiger partial charge on any atom is -0.462 e. The molecule has 2 amide bonds. The van der Waals surface area contributed by atoms with Crippen LogP contribution in [0.3, 0.4) is 0 Å². The van der Waals surface area contributed by atoms with Crippen LogP contribution in [0.25, 0.3) is 0 Å². The first-order chi connectivity index (χ1) is 12.9. The average Bonchev–Trinajstić information content (AvgIpc) is 3.19. The van der Waals surface area contributed by atoms with Crippen molar-refractivity contribution in [3.05, 3.63) is 40.7 Å². The molecule has 1 aliphatic heterocycles. The van der Waals surface area contributed by atoms with Crippen molar-refractivity contribution in [1.82, 2.24) is 4.98 Å². The number of nitrogens with one attached hydrogen (secondary N) is 1. The number of halogens is 1. The van der Waals surface area contributed by atoms with E-state index in [9.17, 15) is 18.8 Å². The number of anilines is 2. The Morgan fingerprint density at radius 3 is 2.74 bits per heavy atom. The molecule has 9 heteroatoms. The smallest absolute Gasteiger partial charge is 0.350 e. The van der Waals surface area contributed by atoms with Gasteiger partial charge in [-0.25, -0.2) is 14.2 Å². The van der Waals surface area contributed by atoms with E-state index in [0.717, 1.165) is 11.3 Å². The highest BCUT2D eigenvalue weighted by Gasteiger charge is 2.35. The minimum atomic E-state index is -0.558. The molecule has 0 saturated carbocycles. The van der Waals surface area contributed by atoms with Crippen molar-refractivity contribution in [3.8, 4) is 0 Å². The number of benzene rings is 1. The van der Waals surface area contributed by atoms with Gasteiger partial charge in [0.05, 0.1) is 18.2 Å². The zero-order chi connectivity index (χ0) is 19.6. The van der Waals surface area contributed by atoms with Crippen molar-refractivity contribution < 1.29 is 23.5 Å². The van der Waals surface area contributed by atoms with Crippen LogP contribution in [0.1, 0.15) is 28.7 Å². The van der Waals surface area contributed by atoms with Crippen molar-refractivity contribution in [2.45, 2.75) is 20.3 Å². The number of nitrogens with zero attached hydrogens (tertiary/aromatic N) is 2. The summed E-state index contributed by atoms with van der Waals surface area (Å²) in [5.74, 6) is -1.98. The van der Waals surface area contributed by atoms with Crippen molar-refractivity contribution in [1.29, 1.82) is 0 Å². The molecular weight excluding hydrogens is 373 g/mol. The summed E-state index contributed by atoms with van der Waals surface area (Å²) in [5.41, 5.74) is 1.02. The van der Waals surface area contributed by atoms with Gasteiger partial charge in [-0.05, 0) is 38.1 Å². The lowest BCUT2D eigenvalue weighted by Gasteiger charge is -2.16. The summed E-state index contributed by atoms with van der Waals surface area (Å²) in [6, 6.07) is 5.54. The summed E-state index contributed by atoms with van der Waals surface area (Å²) in [7, 11) is 0. The van der Waals surface area contributed by atoms with E-state index >= 15 is 0 Å². The zero-order valence-corrected chi connectivity index (χ0v) is 15.6. The molecule has 0 unspecified atom stereocenters. The number of hydrogen-bond donors (Lipinski definition) is 1. The highest BCUT2D eigenvalue weighted by atomic mass is 32.1. The lowest BCUT2D eigenvalue weighted by Crippen LogP contribution is -2.28. The predicted molar refractivity (Wildman–Crippen MR) is 98.3 cm³/mol. The number of aromatic nitrogens is 1. The third kappa shape index (κ3) is 4.13. The molecule has 0 spiro atoms. The summed E-state index contributed by atoms with van der Waals surface area (Å²) < 4.78 is 18.0. The molecule has 2 aromatic rings. The number of rotatable bonds is 5. The Labute approximate surface area is 159 Å². The van der Waals surface area contributed by atoms with Gasteiger partial charge in [0.1, 0.15) is 10.7 Å². The Morgan fingerprint density at radius 1 is 1.37 bits per heavy atom. The molecule has 3 rings (SSSR count). The first-order valence-corrected chi connectivity index (χ1v) is 9.22. The number of carbonyl (C=O) groups is 3. The number of amides is 2. The molecule has 0 bridgehead atoms. The van der Waals surface area contributed by atoms with E-state index in [1.165, 1.54) is 29.2 Å². The molecule has 1 aromatic carbocycles. The Hall–Kier alpha value is -2.81. The minimum absolute atomic E-state index is 0.0539. The lowest BCUT2D eigenvalue weighted by molar-refractivity contribution is -0.122. The van der Waals surface area contributed by atoms with E-state index < -0.39 is 17.7 Å². The molecule has 0 radical (unpaired) electrons. The van der Waals surface area contributed by atoms with Crippen LogP contribution in [0.4, 0.5) is 15.2 Å². The van der Waals surface area contributed by atoms with E-state index in [4.69, 9.17) is 4.74 Å². The zero-order valence-electron chi connectivity index (χ0n) is 14.8. The van der Waals surface area contributed by atoms with Crippen molar-refractivity contribution in [2.24, 2.45) is 5.92 Å². The normalized spacial score (nSPS) is 16.5. The molecule has 142 valence electrons. The molecule has 1 N–H and O–H groups in total. The van der Waals surface area contributed by atoms with Crippen LogP contribution in [0, 0.1) is 18.7 Å². The van der Waals surface area contributed by atoms with Crippen molar-refractivity contribution >= 4 is 39.9 Å². The monoisotopic (exact) mass is 391 g/mol. The summed E-state index contributed by atoms with van der Waals surface area (Å²) in [4.78, 5) is 42.5. The lowest BCUT2D eigenvalue weighted by atomic mass is 10.1. The van der Waals surface area contributed by atoms with Crippen LogP contribution in [0.15, 0.2) is 24.3 Å². The van der Waals surface area contributed by atoms with Gasteiger partial charge in [0.2, 0.25) is 11.8 Å². The molecule has 1 fully saturated rings. The highest BCUT2D eigenvalue weighted by molar-refractivity contribution is 7.17. The van der Waals surface area contributed by atoms with E-state index in [1.54, 1.807) is 13.8 Å². The van der Waals surface area contributed by atoms with Gasteiger partial charge in [0.15, 0.2) is 5.13 Å². The van der Waals surface area contributed by atoms with Gasteiger partial charge in [-0.1, -0.05) is 11.3 Å². The Balaban J connectivity index is 1.67. The van der Waals surface area contributed by atoms with E-state index in [1.807, 2.05) is 0 Å². The maximum absolute atomic E-state index is 13.1. The molecule has 1 aromatic heterocycles. The number of carbonyl (C=O) groups excluding carboxylic acids is 3. The largest absolute Gasteiger partial charge is 0.462 e. The Morgan fingerprint density at radius 2 is 2.07 bits per heavy atom. The number of thiazole rings is 1. The molecule has 2 heterocycles. The third-order valence-electron chi connectivity index (χ3n) is 4.12. The van der Waals surface area contributed by atoms with Gasteiger partial charge in [-0.15, -0.1) is 0 Å². The fraction of sp³-hybridized carbons (Fsp3) is 0.333. The second-order valence-corrected chi connectivity index (χ2v) is 7.02. The molecule has 27 heavy (non-hydrogen) atoms. The molecule has 7 nitrogen and oxygen atoms in total. The summed E-state index contributed by atoms with van der Waals surface area (Å²) in [6.07, 6.45) is 0.0539. The molecule has 1 saturated heterocycles. The van der Waals surface area contributed by atoms with Crippen LogP contribution in [0.5, 0.6) is 0 Å². The Kier molecular flexibility index (Phi) is 5.50. The maximum Gasteiger partial charge on any atom is 0.350 e. The van der Waals surface area contributed by atoms with Crippen LogP contribution >= 0.6 is 11.3 Å².